The van der Waals surface area contributed by atoms with E-state index in [1.165, 1.54) is 6.42 Å². The van der Waals surface area contributed by atoms with Crippen LogP contribution in [0.1, 0.15) is 56.1 Å². The van der Waals surface area contributed by atoms with E-state index in [9.17, 15) is 9.90 Å². The zero-order valence-corrected chi connectivity index (χ0v) is 13.0. The summed E-state index contributed by atoms with van der Waals surface area (Å²) in [4.78, 5) is 15.9. The molecule has 1 aliphatic carbocycles. The van der Waals surface area contributed by atoms with Crippen molar-refractivity contribution in [3.8, 4) is 0 Å². The lowest BCUT2D eigenvalue weighted by Gasteiger charge is -2.21. The Labute approximate surface area is 126 Å². The molecule has 0 spiro atoms. The largest absolute Gasteiger partial charge is 0.478 e. The second kappa shape index (κ2) is 6.29. The smallest absolute Gasteiger partial charge is 0.335 e. The van der Waals surface area contributed by atoms with Crippen molar-refractivity contribution in [1.82, 2.24) is 4.98 Å². The number of carbonyl (C=O) groups is 1. The fourth-order valence-electron chi connectivity index (χ4n) is 2.42. The molecule has 4 nitrogen and oxygen atoms in total. The van der Waals surface area contributed by atoms with Gasteiger partial charge >= 0.3 is 5.97 Å². The molecule has 0 saturated heterocycles. The maximum atomic E-state index is 11.3. The number of nitrogens with one attached hydrogen (secondary N) is 1. The zero-order chi connectivity index (χ0) is 15.5. The van der Waals surface area contributed by atoms with Crippen molar-refractivity contribution < 1.29 is 9.90 Å². The summed E-state index contributed by atoms with van der Waals surface area (Å²) >= 11 is 0. The van der Waals surface area contributed by atoms with Crippen molar-refractivity contribution in [2.24, 2.45) is 5.92 Å². The Bertz CT molecular complexity index is 544. The second-order valence-electron chi connectivity index (χ2n) is 6.71. The lowest BCUT2D eigenvalue weighted by atomic mass is 9.90. The SMILES string of the molecule is CC(C)(C)c1cc(C(=O)O)cc(NCC2CC=CCC2)n1. The van der Waals surface area contributed by atoms with E-state index in [0.29, 0.717) is 17.3 Å². The van der Waals surface area contributed by atoms with Crippen molar-refractivity contribution >= 4 is 11.8 Å². The molecule has 1 aliphatic rings. The highest BCUT2D eigenvalue weighted by atomic mass is 16.4. The van der Waals surface area contributed by atoms with Crippen molar-refractivity contribution in [3.05, 3.63) is 35.5 Å². The molecule has 0 fully saturated rings. The van der Waals surface area contributed by atoms with Crippen LogP contribution in [0.2, 0.25) is 0 Å². The molecule has 2 rings (SSSR count). The van der Waals surface area contributed by atoms with E-state index in [1.807, 2.05) is 20.8 Å². The predicted molar refractivity (Wildman–Crippen MR) is 84.9 cm³/mol. The summed E-state index contributed by atoms with van der Waals surface area (Å²) < 4.78 is 0. The molecule has 1 aromatic rings. The fraction of sp³-hybridized carbons (Fsp3) is 0.529. The Morgan fingerprint density at radius 3 is 2.71 bits per heavy atom. The number of nitrogens with zero attached hydrogens (tertiary/aromatic N) is 1. The van der Waals surface area contributed by atoms with Crippen LogP contribution in [0.15, 0.2) is 24.3 Å². The fourth-order valence-corrected chi connectivity index (χ4v) is 2.42. The minimum atomic E-state index is -0.911. The van der Waals surface area contributed by atoms with E-state index in [4.69, 9.17) is 0 Å². The number of rotatable bonds is 4. The van der Waals surface area contributed by atoms with Gasteiger partial charge in [-0.05, 0) is 37.3 Å². The first-order valence-electron chi connectivity index (χ1n) is 7.51. The monoisotopic (exact) mass is 288 g/mol. The number of carboxylic acid groups (broad SMARTS) is 1. The third kappa shape index (κ3) is 4.31. The molecule has 0 amide bonds. The highest BCUT2D eigenvalue weighted by molar-refractivity contribution is 5.88. The third-order valence-electron chi connectivity index (χ3n) is 3.79. The number of hydrogen-bond acceptors (Lipinski definition) is 3. The van der Waals surface area contributed by atoms with Gasteiger partial charge in [-0.3, -0.25) is 0 Å². The van der Waals surface area contributed by atoms with E-state index >= 15 is 0 Å². The Hall–Kier alpha value is -1.84. The molecule has 0 radical (unpaired) electrons. The first-order valence-corrected chi connectivity index (χ1v) is 7.51. The van der Waals surface area contributed by atoms with E-state index in [1.54, 1.807) is 12.1 Å². The van der Waals surface area contributed by atoms with Gasteiger partial charge < -0.3 is 10.4 Å². The van der Waals surface area contributed by atoms with Crippen LogP contribution in [-0.4, -0.2) is 22.6 Å². The highest BCUT2D eigenvalue weighted by Gasteiger charge is 2.19. The van der Waals surface area contributed by atoms with Crippen LogP contribution >= 0.6 is 0 Å². The van der Waals surface area contributed by atoms with E-state index < -0.39 is 5.97 Å². The summed E-state index contributed by atoms with van der Waals surface area (Å²) in [5.74, 6) is 0.351. The van der Waals surface area contributed by atoms with Gasteiger partial charge in [0.15, 0.2) is 0 Å². The summed E-state index contributed by atoms with van der Waals surface area (Å²) in [6, 6.07) is 3.28. The van der Waals surface area contributed by atoms with Gasteiger partial charge in [0.1, 0.15) is 5.82 Å². The Kier molecular flexibility index (Phi) is 4.66. The summed E-state index contributed by atoms with van der Waals surface area (Å²) in [6.07, 6.45) is 7.82. The second-order valence-corrected chi connectivity index (χ2v) is 6.71. The van der Waals surface area contributed by atoms with Crippen LogP contribution in [0.5, 0.6) is 0 Å². The quantitative estimate of drug-likeness (QED) is 0.826. The number of hydrogen-bond donors (Lipinski definition) is 2. The molecule has 0 aromatic carbocycles. The summed E-state index contributed by atoms with van der Waals surface area (Å²) in [7, 11) is 0. The van der Waals surface area contributed by atoms with E-state index in [0.717, 1.165) is 25.1 Å². The normalized spacial score (nSPS) is 18.5. The number of aromatic nitrogens is 1. The van der Waals surface area contributed by atoms with Crippen molar-refractivity contribution in [2.45, 2.75) is 45.4 Å². The number of pyridine rings is 1. The van der Waals surface area contributed by atoms with Crippen molar-refractivity contribution in [2.75, 3.05) is 11.9 Å². The third-order valence-corrected chi connectivity index (χ3v) is 3.79. The van der Waals surface area contributed by atoms with Crippen LogP contribution in [0.3, 0.4) is 0 Å². The minimum Gasteiger partial charge on any atom is -0.478 e. The van der Waals surface area contributed by atoms with Gasteiger partial charge in [-0.25, -0.2) is 9.78 Å². The van der Waals surface area contributed by atoms with Gasteiger partial charge in [0.2, 0.25) is 0 Å². The van der Waals surface area contributed by atoms with Crippen molar-refractivity contribution in [3.63, 3.8) is 0 Å². The number of allylic oxidation sites excluding steroid dienone is 2. The average molecular weight is 288 g/mol. The molecule has 2 N–H and O–H groups in total. The van der Waals surface area contributed by atoms with E-state index in [2.05, 4.69) is 22.5 Å². The molecule has 21 heavy (non-hydrogen) atoms. The molecule has 0 aliphatic heterocycles. The zero-order valence-electron chi connectivity index (χ0n) is 13.0. The minimum absolute atomic E-state index is 0.171. The molecule has 1 unspecified atom stereocenters. The standard InChI is InChI=1S/C17H24N2O2/c1-17(2,3)14-9-13(16(20)21)10-15(19-14)18-11-12-7-5-4-6-8-12/h4-5,9-10,12H,6-8,11H2,1-3H3,(H,18,19)(H,20,21). The van der Waals surface area contributed by atoms with Gasteiger partial charge in [-0.1, -0.05) is 32.9 Å². The number of anilines is 1. The molecule has 0 saturated carbocycles. The van der Waals surface area contributed by atoms with Gasteiger partial charge in [-0.15, -0.1) is 0 Å². The van der Waals surface area contributed by atoms with Crippen LogP contribution in [0, 0.1) is 5.92 Å². The molecule has 0 bridgehead atoms. The highest BCUT2D eigenvalue weighted by Crippen LogP contribution is 2.24. The number of aromatic carboxylic acids is 1. The molecule has 1 heterocycles. The maximum absolute atomic E-state index is 11.3. The number of carboxylic acids is 1. The Balaban J connectivity index is 2.15. The summed E-state index contributed by atoms with van der Waals surface area (Å²) in [5.41, 5.74) is 0.921. The molecule has 114 valence electrons. The van der Waals surface area contributed by atoms with Crippen LogP contribution in [0.25, 0.3) is 0 Å². The Morgan fingerprint density at radius 1 is 1.38 bits per heavy atom. The molecular formula is C17H24N2O2. The first kappa shape index (κ1) is 15.5. The van der Waals surface area contributed by atoms with Crippen LogP contribution < -0.4 is 5.32 Å². The molecular weight excluding hydrogens is 264 g/mol. The topological polar surface area (TPSA) is 62.2 Å². The van der Waals surface area contributed by atoms with Crippen LogP contribution in [-0.2, 0) is 5.41 Å². The van der Waals surface area contributed by atoms with Gasteiger partial charge in [-0.2, -0.15) is 0 Å². The van der Waals surface area contributed by atoms with Gasteiger partial charge in [0.05, 0.1) is 5.56 Å². The maximum Gasteiger partial charge on any atom is 0.335 e. The summed E-state index contributed by atoms with van der Waals surface area (Å²) in [6.45, 7) is 6.95. The lowest BCUT2D eigenvalue weighted by molar-refractivity contribution is 0.0696. The lowest BCUT2D eigenvalue weighted by Crippen LogP contribution is -2.19. The molecule has 4 heteroatoms. The average Bonchev–Trinajstić information content (AvgIpc) is 2.45. The van der Waals surface area contributed by atoms with Gasteiger partial charge in [0, 0.05) is 17.7 Å². The van der Waals surface area contributed by atoms with Crippen LogP contribution in [0.4, 0.5) is 5.82 Å². The van der Waals surface area contributed by atoms with Gasteiger partial charge in [0.25, 0.3) is 0 Å². The van der Waals surface area contributed by atoms with E-state index in [-0.39, 0.29) is 5.41 Å². The predicted octanol–water partition coefficient (Wildman–Crippen LogP) is 3.85. The summed E-state index contributed by atoms with van der Waals surface area (Å²) in [5, 5.41) is 12.6. The van der Waals surface area contributed by atoms with Crippen molar-refractivity contribution in [1.29, 1.82) is 0 Å². The molecule has 1 atom stereocenters. The molecule has 1 aromatic heterocycles. The Morgan fingerprint density at radius 2 is 2.14 bits per heavy atom. The first-order chi connectivity index (χ1) is 9.86.